The number of rotatable bonds is 5. The highest BCUT2D eigenvalue weighted by atomic mass is 16.2. The van der Waals surface area contributed by atoms with E-state index in [1.165, 1.54) is 32.1 Å². The van der Waals surface area contributed by atoms with Gasteiger partial charge in [-0.1, -0.05) is 19.3 Å². The predicted octanol–water partition coefficient (Wildman–Crippen LogP) is 0.797. The molecule has 0 aromatic carbocycles. The molecule has 0 radical (unpaired) electrons. The molecule has 1 aliphatic heterocycles. The predicted molar refractivity (Wildman–Crippen MR) is 101 cm³/mol. The van der Waals surface area contributed by atoms with Crippen molar-refractivity contribution in [2.75, 3.05) is 27.2 Å². The smallest absolute Gasteiger partial charge is 0.243 e. The lowest BCUT2D eigenvalue weighted by Gasteiger charge is -2.27. The molecule has 1 aromatic heterocycles. The average Bonchev–Trinajstić information content (AvgIpc) is 3.12. The Balaban J connectivity index is 1.58. The number of amides is 1. The lowest BCUT2D eigenvalue weighted by molar-refractivity contribution is -0.127. The van der Waals surface area contributed by atoms with Crippen LogP contribution in [0.25, 0.3) is 0 Å². The van der Waals surface area contributed by atoms with Gasteiger partial charge in [-0.2, -0.15) is 5.10 Å². The van der Waals surface area contributed by atoms with Crippen LogP contribution in [0.1, 0.15) is 44.3 Å². The van der Waals surface area contributed by atoms with Crippen molar-refractivity contribution in [3.63, 3.8) is 0 Å². The van der Waals surface area contributed by atoms with Crippen molar-refractivity contribution in [1.82, 2.24) is 30.3 Å². The number of likely N-dealkylation sites (N-methyl/N-ethyl adjacent to an activating group) is 1. The van der Waals surface area contributed by atoms with Crippen LogP contribution in [0.3, 0.4) is 0 Å². The number of nitrogens with zero attached hydrogens (tertiary/aromatic N) is 5. The van der Waals surface area contributed by atoms with Crippen LogP contribution < -0.4 is 10.6 Å². The first-order chi connectivity index (χ1) is 12.6. The van der Waals surface area contributed by atoms with Gasteiger partial charge in [-0.3, -0.25) is 4.79 Å². The van der Waals surface area contributed by atoms with E-state index >= 15 is 0 Å². The Kier molecular flexibility index (Phi) is 6.46. The number of carbonyl (C=O) groups excluding carboxylic acids is 1. The van der Waals surface area contributed by atoms with Crippen LogP contribution in [0, 0.1) is 5.92 Å². The Morgan fingerprint density at radius 3 is 2.88 bits per heavy atom. The molecular formula is C18H31N7O. The Hall–Kier alpha value is -2.12. The van der Waals surface area contributed by atoms with Gasteiger partial charge < -0.3 is 15.5 Å². The first-order valence-electron chi connectivity index (χ1n) is 9.73. The zero-order chi connectivity index (χ0) is 18.4. The zero-order valence-electron chi connectivity index (χ0n) is 15.9. The Morgan fingerprint density at radius 1 is 1.31 bits per heavy atom. The van der Waals surface area contributed by atoms with Crippen LogP contribution in [0.2, 0.25) is 0 Å². The van der Waals surface area contributed by atoms with E-state index in [-0.39, 0.29) is 18.5 Å². The number of hydrogen-bond acceptors (Lipinski definition) is 4. The molecule has 2 aliphatic rings. The van der Waals surface area contributed by atoms with E-state index in [1.807, 2.05) is 4.68 Å². The summed E-state index contributed by atoms with van der Waals surface area (Å²) in [6.07, 6.45) is 10.1. The SMILES string of the molecule is CN(C)C(=O)CN=C(NCC1CCCCC1)NC1CCc2ncnn2C1. The van der Waals surface area contributed by atoms with Gasteiger partial charge in [0.1, 0.15) is 18.7 Å². The van der Waals surface area contributed by atoms with E-state index in [0.717, 1.165) is 37.7 Å². The summed E-state index contributed by atoms with van der Waals surface area (Å²) in [6.45, 7) is 1.86. The number of aryl methyl sites for hydroxylation is 1. The van der Waals surface area contributed by atoms with Gasteiger partial charge in [-0.15, -0.1) is 0 Å². The molecule has 8 heteroatoms. The largest absolute Gasteiger partial charge is 0.356 e. The molecule has 1 amide bonds. The maximum atomic E-state index is 11.9. The molecule has 3 rings (SSSR count). The molecule has 144 valence electrons. The second-order valence-electron chi connectivity index (χ2n) is 7.58. The zero-order valence-corrected chi connectivity index (χ0v) is 15.9. The molecule has 1 unspecified atom stereocenters. The van der Waals surface area contributed by atoms with Gasteiger partial charge in [0, 0.05) is 33.1 Å². The highest BCUT2D eigenvalue weighted by Crippen LogP contribution is 2.22. The molecule has 2 heterocycles. The first-order valence-corrected chi connectivity index (χ1v) is 9.73. The summed E-state index contributed by atoms with van der Waals surface area (Å²) in [5.74, 6) is 2.48. The van der Waals surface area contributed by atoms with Crippen molar-refractivity contribution in [3.8, 4) is 0 Å². The first kappa shape index (κ1) is 18.7. The second-order valence-corrected chi connectivity index (χ2v) is 7.58. The summed E-state index contributed by atoms with van der Waals surface area (Å²) >= 11 is 0. The standard InChI is InChI=1S/C18H31N7O/c1-24(2)17(26)11-20-18(19-10-14-6-4-3-5-7-14)23-15-8-9-16-21-13-22-25(16)12-15/h13-15H,3-12H2,1-2H3,(H2,19,20,23). The molecule has 1 fully saturated rings. The van der Waals surface area contributed by atoms with Gasteiger partial charge in [0.2, 0.25) is 5.91 Å². The molecule has 1 aliphatic carbocycles. The van der Waals surface area contributed by atoms with Crippen LogP contribution in [0.15, 0.2) is 11.3 Å². The lowest BCUT2D eigenvalue weighted by atomic mass is 9.89. The number of fused-ring (bicyclic) bond motifs is 1. The van der Waals surface area contributed by atoms with E-state index in [2.05, 4.69) is 25.7 Å². The quantitative estimate of drug-likeness (QED) is 0.598. The van der Waals surface area contributed by atoms with Gasteiger partial charge in [0.25, 0.3) is 0 Å². The fraction of sp³-hybridized carbons (Fsp3) is 0.778. The molecule has 0 saturated heterocycles. The normalized spacial score (nSPS) is 21.2. The van der Waals surface area contributed by atoms with Crippen molar-refractivity contribution in [2.45, 2.75) is 57.5 Å². The Morgan fingerprint density at radius 2 is 2.12 bits per heavy atom. The number of carbonyl (C=O) groups is 1. The molecule has 2 N–H and O–H groups in total. The minimum absolute atomic E-state index is 0.00553. The topological polar surface area (TPSA) is 87.4 Å². The van der Waals surface area contributed by atoms with Crippen LogP contribution in [0.5, 0.6) is 0 Å². The van der Waals surface area contributed by atoms with Crippen LogP contribution in [-0.2, 0) is 17.8 Å². The van der Waals surface area contributed by atoms with Crippen molar-refractivity contribution < 1.29 is 4.79 Å². The fourth-order valence-corrected chi connectivity index (χ4v) is 3.62. The van der Waals surface area contributed by atoms with Crippen molar-refractivity contribution >= 4 is 11.9 Å². The van der Waals surface area contributed by atoms with E-state index < -0.39 is 0 Å². The van der Waals surface area contributed by atoms with Gasteiger partial charge in [-0.05, 0) is 25.2 Å². The number of aromatic nitrogens is 3. The van der Waals surface area contributed by atoms with Crippen molar-refractivity contribution in [3.05, 3.63) is 12.2 Å². The summed E-state index contributed by atoms with van der Waals surface area (Å²) in [5, 5.41) is 11.2. The second kappa shape index (κ2) is 9.00. The maximum absolute atomic E-state index is 11.9. The summed E-state index contributed by atoms with van der Waals surface area (Å²) < 4.78 is 1.95. The molecule has 1 saturated carbocycles. The monoisotopic (exact) mass is 361 g/mol. The van der Waals surface area contributed by atoms with E-state index in [1.54, 1.807) is 25.3 Å². The molecular weight excluding hydrogens is 330 g/mol. The minimum atomic E-state index is 0.00553. The number of guanidine groups is 1. The average molecular weight is 361 g/mol. The molecule has 1 aromatic rings. The third kappa shape index (κ3) is 5.19. The molecule has 1 atom stereocenters. The molecule has 26 heavy (non-hydrogen) atoms. The molecule has 8 nitrogen and oxygen atoms in total. The summed E-state index contributed by atoms with van der Waals surface area (Å²) in [6, 6.07) is 0.247. The van der Waals surface area contributed by atoms with Gasteiger partial charge >= 0.3 is 0 Å². The summed E-state index contributed by atoms with van der Waals surface area (Å²) in [4.78, 5) is 22.3. The Labute approximate surface area is 155 Å². The summed E-state index contributed by atoms with van der Waals surface area (Å²) in [5.41, 5.74) is 0. The third-order valence-corrected chi connectivity index (χ3v) is 5.30. The highest BCUT2D eigenvalue weighted by Gasteiger charge is 2.21. The van der Waals surface area contributed by atoms with Gasteiger partial charge in [0.05, 0.1) is 6.54 Å². The third-order valence-electron chi connectivity index (χ3n) is 5.30. The molecule has 0 spiro atoms. The van der Waals surface area contributed by atoms with Crippen molar-refractivity contribution in [1.29, 1.82) is 0 Å². The van der Waals surface area contributed by atoms with Crippen molar-refractivity contribution in [2.24, 2.45) is 10.9 Å². The lowest BCUT2D eigenvalue weighted by Crippen LogP contribution is -2.48. The summed E-state index contributed by atoms with van der Waals surface area (Å²) in [7, 11) is 3.52. The Bertz CT molecular complexity index is 619. The maximum Gasteiger partial charge on any atom is 0.243 e. The van der Waals surface area contributed by atoms with Crippen LogP contribution in [-0.4, -0.2) is 64.8 Å². The fourth-order valence-electron chi connectivity index (χ4n) is 3.62. The number of nitrogens with one attached hydrogen (secondary N) is 2. The van der Waals surface area contributed by atoms with Gasteiger partial charge in [0.15, 0.2) is 5.96 Å². The molecule has 0 bridgehead atoms. The minimum Gasteiger partial charge on any atom is -0.356 e. The van der Waals surface area contributed by atoms with E-state index in [4.69, 9.17) is 0 Å². The van der Waals surface area contributed by atoms with Gasteiger partial charge in [-0.25, -0.2) is 14.7 Å². The van der Waals surface area contributed by atoms with Crippen LogP contribution >= 0.6 is 0 Å². The number of aliphatic imine (C=N–C) groups is 1. The van der Waals surface area contributed by atoms with E-state index in [9.17, 15) is 4.79 Å². The highest BCUT2D eigenvalue weighted by molar-refractivity contribution is 5.84. The van der Waals surface area contributed by atoms with E-state index in [0.29, 0.717) is 5.92 Å². The van der Waals surface area contributed by atoms with Crippen LogP contribution in [0.4, 0.5) is 0 Å². The number of hydrogen-bond donors (Lipinski definition) is 2.